The number of hydrogen-bond donors (Lipinski definition) is 0. The van der Waals surface area contributed by atoms with Crippen LogP contribution in [0.4, 0.5) is 0 Å². The van der Waals surface area contributed by atoms with Gasteiger partial charge in [0.15, 0.2) is 5.78 Å². The van der Waals surface area contributed by atoms with Gasteiger partial charge >= 0.3 is 0 Å². The molecule has 138 valence electrons. The Kier molecular flexibility index (Phi) is 5.18. The highest BCUT2D eigenvalue weighted by molar-refractivity contribution is 6.23. The molecule has 1 aliphatic rings. The number of nitrogens with zero attached hydrogens (tertiary/aromatic N) is 1. The van der Waals surface area contributed by atoms with Crippen LogP contribution in [0.2, 0.25) is 0 Å². The molecule has 0 N–H and O–H groups in total. The lowest BCUT2D eigenvalue weighted by Crippen LogP contribution is -2.36. The second-order valence-corrected chi connectivity index (χ2v) is 6.20. The van der Waals surface area contributed by atoms with Gasteiger partial charge in [-0.25, -0.2) is 0 Å². The van der Waals surface area contributed by atoms with E-state index >= 15 is 0 Å². The van der Waals surface area contributed by atoms with E-state index in [2.05, 4.69) is 18.7 Å². The van der Waals surface area contributed by atoms with Gasteiger partial charge in [0, 0.05) is 28.3 Å². The molecule has 0 aromatic heterocycles. The third kappa shape index (κ3) is 2.92. The van der Waals surface area contributed by atoms with Crippen molar-refractivity contribution in [2.75, 3.05) is 27.3 Å². The number of benzene rings is 2. The standard InChI is InChI=1S/C21H25NO4/c1-6-22(7-2)13(3)26-17-10-8-9-15-19(17)20-16(21(15)23)11-14(24-4)12-18(20)25-5/h8-13H,6-7H2,1-5H3. The van der Waals surface area contributed by atoms with Gasteiger partial charge in [-0.3, -0.25) is 9.69 Å². The predicted molar refractivity (Wildman–Crippen MR) is 101 cm³/mol. The van der Waals surface area contributed by atoms with Crippen LogP contribution in [0.15, 0.2) is 30.3 Å². The number of methoxy groups -OCH3 is 2. The molecule has 0 amide bonds. The highest BCUT2D eigenvalue weighted by Crippen LogP contribution is 2.49. The number of hydrogen-bond acceptors (Lipinski definition) is 5. The Morgan fingerprint density at radius 1 is 0.962 bits per heavy atom. The Balaban J connectivity index is 2.13. The SMILES string of the molecule is CCN(CC)C(C)Oc1cccc2c1-c1c(OC)cc(OC)cc1C2=O. The molecule has 5 heteroatoms. The van der Waals surface area contributed by atoms with Crippen molar-refractivity contribution in [3.8, 4) is 28.4 Å². The number of fused-ring (bicyclic) bond motifs is 3. The topological polar surface area (TPSA) is 48.0 Å². The van der Waals surface area contributed by atoms with Gasteiger partial charge in [-0.15, -0.1) is 0 Å². The van der Waals surface area contributed by atoms with Gasteiger partial charge in [0.05, 0.1) is 14.2 Å². The molecule has 0 fully saturated rings. The molecule has 2 aromatic rings. The summed E-state index contributed by atoms with van der Waals surface area (Å²) in [7, 11) is 3.17. The highest BCUT2D eigenvalue weighted by Gasteiger charge is 2.33. The van der Waals surface area contributed by atoms with E-state index < -0.39 is 0 Å². The lowest BCUT2D eigenvalue weighted by atomic mass is 10.0. The van der Waals surface area contributed by atoms with Crippen LogP contribution in [0.25, 0.3) is 11.1 Å². The first-order valence-electron chi connectivity index (χ1n) is 8.90. The molecule has 26 heavy (non-hydrogen) atoms. The second kappa shape index (κ2) is 7.38. The quantitative estimate of drug-likeness (QED) is 0.600. The third-order valence-electron chi connectivity index (χ3n) is 4.92. The number of carbonyl (C=O) groups is 1. The lowest BCUT2D eigenvalue weighted by molar-refractivity contribution is 0.0485. The van der Waals surface area contributed by atoms with Gasteiger partial charge in [0.25, 0.3) is 0 Å². The van der Waals surface area contributed by atoms with Crippen LogP contribution >= 0.6 is 0 Å². The van der Waals surface area contributed by atoms with E-state index in [4.69, 9.17) is 14.2 Å². The van der Waals surface area contributed by atoms with E-state index in [1.54, 1.807) is 26.4 Å². The molecule has 2 aromatic carbocycles. The summed E-state index contributed by atoms with van der Waals surface area (Å²) in [5.41, 5.74) is 2.79. The Morgan fingerprint density at radius 3 is 2.27 bits per heavy atom. The van der Waals surface area contributed by atoms with Gasteiger partial charge < -0.3 is 14.2 Å². The first kappa shape index (κ1) is 18.3. The summed E-state index contributed by atoms with van der Waals surface area (Å²) in [5.74, 6) is 1.87. The first-order valence-corrected chi connectivity index (χ1v) is 8.90. The van der Waals surface area contributed by atoms with Crippen LogP contribution in [-0.2, 0) is 0 Å². The summed E-state index contributed by atoms with van der Waals surface area (Å²) < 4.78 is 17.1. The third-order valence-corrected chi connectivity index (χ3v) is 4.92. The minimum absolute atomic E-state index is 0.0341. The summed E-state index contributed by atoms with van der Waals surface area (Å²) in [6, 6.07) is 9.16. The molecule has 1 atom stereocenters. The summed E-state index contributed by atoms with van der Waals surface area (Å²) in [6.45, 7) is 8.01. The van der Waals surface area contributed by atoms with Gasteiger partial charge in [-0.05, 0) is 32.1 Å². The average Bonchev–Trinajstić information content (AvgIpc) is 2.95. The highest BCUT2D eigenvalue weighted by atomic mass is 16.5. The number of ketones is 1. The summed E-state index contributed by atoms with van der Waals surface area (Å²) >= 11 is 0. The van der Waals surface area contributed by atoms with E-state index in [1.807, 2.05) is 25.1 Å². The van der Waals surface area contributed by atoms with Crippen molar-refractivity contribution in [1.29, 1.82) is 0 Å². The molecule has 0 spiro atoms. The van der Waals surface area contributed by atoms with E-state index in [0.717, 1.165) is 24.2 Å². The molecule has 0 saturated carbocycles. The predicted octanol–water partition coefficient (Wildman–Crippen LogP) is 3.98. The molecule has 0 radical (unpaired) electrons. The molecule has 0 bridgehead atoms. The normalized spacial score (nSPS) is 13.4. The minimum Gasteiger partial charge on any atom is -0.497 e. The molecule has 0 saturated heterocycles. The molecule has 0 aliphatic heterocycles. The molecular weight excluding hydrogens is 330 g/mol. The van der Waals surface area contributed by atoms with E-state index in [9.17, 15) is 4.79 Å². The van der Waals surface area contributed by atoms with Gasteiger partial charge in [-0.2, -0.15) is 0 Å². The van der Waals surface area contributed by atoms with Crippen molar-refractivity contribution in [3.05, 3.63) is 41.5 Å². The number of ether oxygens (including phenoxy) is 3. The number of rotatable bonds is 7. The van der Waals surface area contributed by atoms with Crippen LogP contribution in [0.5, 0.6) is 17.2 Å². The smallest absolute Gasteiger partial charge is 0.194 e. The van der Waals surface area contributed by atoms with Crippen molar-refractivity contribution in [2.24, 2.45) is 0 Å². The van der Waals surface area contributed by atoms with Crippen molar-refractivity contribution in [2.45, 2.75) is 27.0 Å². The van der Waals surface area contributed by atoms with Crippen LogP contribution in [0, 0.1) is 0 Å². The van der Waals surface area contributed by atoms with Crippen molar-refractivity contribution < 1.29 is 19.0 Å². The fourth-order valence-electron chi connectivity index (χ4n) is 3.52. The molecule has 3 rings (SSSR count). The first-order chi connectivity index (χ1) is 12.5. The zero-order valence-corrected chi connectivity index (χ0v) is 16.0. The Morgan fingerprint density at radius 2 is 1.65 bits per heavy atom. The zero-order valence-electron chi connectivity index (χ0n) is 16.0. The van der Waals surface area contributed by atoms with Gasteiger partial charge in [-0.1, -0.05) is 26.0 Å². The summed E-state index contributed by atoms with van der Waals surface area (Å²) in [4.78, 5) is 15.1. The Labute approximate surface area is 154 Å². The maximum absolute atomic E-state index is 12.9. The maximum Gasteiger partial charge on any atom is 0.194 e. The van der Waals surface area contributed by atoms with Crippen molar-refractivity contribution >= 4 is 5.78 Å². The fraction of sp³-hybridized carbons (Fsp3) is 0.381. The maximum atomic E-state index is 12.9. The van der Waals surface area contributed by atoms with Crippen molar-refractivity contribution in [1.82, 2.24) is 4.90 Å². The van der Waals surface area contributed by atoms with Crippen LogP contribution in [-0.4, -0.2) is 44.2 Å². The average molecular weight is 355 g/mol. The monoisotopic (exact) mass is 355 g/mol. The Bertz CT molecular complexity index is 827. The van der Waals surface area contributed by atoms with Crippen molar-refractivity contribution in [3.63, 3.8) is 0 Å². The number of carbonyl (C=O) groups excluding carboxylic acids is 1. The molecule has 0 heterocycles. The summed E-state index contributed by atoms with van der Waals surface area (Å²) in [6.07, 6.45) is -0.0973. The molecular formula is C21H25NO4. The van der Waals surface area contributed by atoms with Crippen LogP contribution in [0.1, 0.15) is 36.7 Å². The molecule has 1 unspecified atom stereocenters. The van der Waals surface area contributed by atoms with Crippen LogP contribution in [0.3, 0.4) is 0 Å². The molecule has 5 nitrogen and oxygen atoms in total. The fourth-order valence-corrected chi connectivity index (χ4v) is 3.52. The van der Waals surface area contributed by atoms with E-state index in [0.29, 0.717) is 28.4 Å². The second-order valence-electron chi connectivity index (χ2n) is 6.20. The molecule has 1 aliphatic carbocycles. The summed E-state index contributed by atoms with van der Waals surface area (Å²) in [5, 5.41) is 0. The zero-order chi connectivity index (χ0) is 18.8. The minimum atomic E-state index is -0.0973. The Hall–Kier alpha value is -2.53. The largest absolute Gasteiger partial charge is 0.497 e. The van der Waals surface area contributed by atoms with E-state index in [1.165, 1.54) is 0 Å². The van der Waals surface area contributed by atoms with Gasteiger partial charge in [0.2, 0.25) is 0 Å². The van der Waals surface area contributed by atoms with Gasteiger partial charge in [0.1, 0.15) is 23.5 Å². The lowest BCUT2D eigenvalue weighted by Gasteiger charge is -2.27. The van der Waals surface area contributed by atoms with Crippen LogP contribution < -0.4 is 14.2 Å². The van der Waals surface area contributed by atoms with E-state index in [-0.39, 0.29) is 12.0 Å².